The second kappa shape index (κ2) is 3.67. The first-order chi connectivity index (χ1) is 6.61. The summed E-state index contributed by atoms with van der Waals surface area (Å²) in [6.45, 7) is 2.18. The van der Waals surface area contributed by atoms with Gasteiger partial charge in [-0.25, -0.2) is 0 Å². The molecule has 0 amide bonds. The van der Waals surface area contributed by atoms with E-state index in [1.807, 2.05) is 0 Å². The van der Waals surface area contributed by atoms with Gasteiger partial charge in [0.25, 0.3) is 0 Å². The maximum absolute atomic E-state index is 6.10. The molecular formula is C12H16BrN. The zero-order chi connectivity index (χ0) is 10.2. The van der Waals surface area contributed by atoms with E-state index in [1.165, 1.54) is 28.4 Å². The summed E-state index contributed by atoms with van der Waals surface area (Å²) in [5, 5.41) is 0. The summed E-state index contributed by atoms with van der Waals surface area (Å²) in [4.78, 5) is 0. The molecule has 0 heterocycles. The highest BCUT2D eigenvalue weighted by molar-refractivity contribution is 9.10. The Bertz CT molecular complexity index is 342. The Labute approximate surface area is 93.8 Å². The van der Waals surface area contributed by atoms with E-state index in [1.54, 1.807) is 0 Å². The topological polar surface area (TPSA) is 26.0 Å². The summed E-state index contributed by atoms with van der Waals surface area (Å²) >= 11 is 3.54. The fraction of sp³-hybridized carbons (Fsp3) is 0.500. The van der Waals surface area contributed by atoms with Crippen LogP contribution in [0, 0.1) is 0 Å². The van der Waals surface area contributed by atoms with Gasteiger partial charge >= 0.3 is 0 Å². The summed E-state index contributed by atoms with van der Waals surface area (Å²) < 4.78 is 1.18. The summed E-state index contributed by atoms with van der Waals surface area (Å²) in [5.74, 6) is 0. The van der Waals surface area contributed by atoms with Crippen LogP contribution in [0.25, 0.3) is 0 Å². The second-order valence-corrected chi connectivity index (χ2v) is 5.28. The molecule has 2 N–H and O–H groups in total. The lowest BCUT2D eigenvalue weighted by molar-refractivity contribution is 0.671. The minimum atomic E-state index is 0.117. The first-order valence-electron chi connectivity index (χ1n) is 5.18. The zero-order valence-electron chi connectivity index (χ0n) is 8.52. The Morgan fingerprint density at radius 2 is 1.93 bits per heavy atom. The molecule has 1 fully saturated rings. The lowest BCUT2D eigenvalue weighted by Crippen LogP contribution is -2.24. The Hall–Kier alpha value is -0.340. The SMILES string of the molecule is CCc1cc(Br)cc(CC2(N)CC2)c1. The van der Waals surface area contributed by atoms with Gasteiger partial charge in [0, 0.05) is 10.0 Å². The first kappa shape index (κ1) is 10.2. The summed E-state index contributed by atoms with van der Waals surface area (Å²) in [6.07, 6.45) is 4.48. The Kier molecular flexibility index (Phi) is 2.67. The van der Waals surface area contributed by atoms with E-state index >= 15 is 0 Å². The Balaban J connectivity index is 2.20. The number of hydrogen-bond acceptors (Lipinski definition) is 1. The third-order valence-electron chi connectivity index (χ3n) is 2.87. The number of benzene rings is 1. The smallest absolute Gasteiger partial charge is 0.0196 e. The van der Waals surface area contributed by atoms with E-state index in [2.05, 4.69) is 41.1 Å². The van der Waals surface area contributed by atoms with Crippen LogP contribution < -0.4 is 5.73 Å². The molecule has 2 heteroatoms. The number of rotatable bonds is 3. The summed E-state index contributed by atoms with van der Waals surface area (Å²) in [7, 11) is 0. The molecule has 0 spiro atoms. The summed E-state index contributed by atoms with van der Waals surface area (Å²) in [6, 6.07) is 6.64. The van der Waals surface area contributed by atoms with Crippen molar-refractivity contribution in [3.63, 3.8) is 0 Å². The molecule has 1 aliphatic carbocycles. The van der Waals surface area contributed by atoms with Crippen molar-refractivity contribution in [2.24, 2.45) is 5.73 Å². The van der Waals surface area contributed by atoms with Gasteiger partial charge in [0.05, 0.1) is 0 Å². The molecule has 1 saturated carbocycles. The molecule has 0 unspecified atom stereocenters. The van der Waals surface area contributed by atoms with Crippen molar-refractivity contribution in [1.82, 2.24) is 0 Å². The Morgan fingerprint density at radius 1 is 1.29 bits per heavy atom. The van der Waals surface area contributed by atoms with Gasteiger partial charge in [0.15, 0.2) is 0 Å². The van der Waals surface area contributed by atoms with Gasteiger partial charge < -0.3 is 5.73 Å². The van der Waals surface area contributed by atoms with Crippen LogP contribution in [0.3, 0.4) is 0 Å². The van der Waals surface area contributed by atoms with E-state index < -0.39 is 0 Å². The number of nitrogens with two attached hydrogens (primary N) is 1. The van der Waals surface area contributed by atoms with Crippen LogP contribution in [0.15, 0.2) is 22.7 Å². The lowest BCUT2D eigenvalue weighted by Gasteiger charge is -2.10. The van der Waals surface area contributed by atoms with Gasteiger partial charge in [-0.2, -0.15) is 0 Å². The maximum Gasteiger partial charge on any atom is 0.0196 e. The fourth-order valence-electron chi connectivity index (χ4n) is 1.77. The lowest BCUT2D eigenvalue weighted by atomic mass is 10.0. The molecule has 1 nitrogen and oxygen atoms in total. The molecule has 14 heavy (non-hydrogen) atoms. The van der Waals surface area contributed by atoms with Crippen molar-refractivity contribution < 1.29 is 0 Å². The Morgan fingerprint density at radius 3 is 2.50 bits per heavy atom. The van der Waals surface area contributed by atoms with Gasteiger partial charge in [-0.05, 0) is 48.9 Å². The van der Waals surface area contributed by atoms with Crippen molar-refractivity contribution in [3.8, 4) is 0 Å². The number of halogens is 1. The molecule has 76 valence electrons. The molecule has 0 aromatic heterocycles. The molecular weight excluding hydrogens is 238 g/mol. The molecule has 1 aliphatic rings. The molecule has 2 rings (SSSR count). The van der Waals surface area contributed by atoms with Crippen molar-refractivity contribution in [1.29, 1.82) is 0 Å². The quantitative estimate of drug-likeness (QED) is 0.881. The van der Waals surface area contributed by atoms with E-state index in [0.29, 0.717) is 0 Å². The minimum absolute atomic E-state index is 0.117. The van der Waals surface area contributed by atoms with Crippen molar-refractivity contribution >= 4 is 15.9 Å². The van der Waals surface area contributed by atoms with Crippen LogP contribution >= 0.6 is 15.9 Å². The number of hydrogen-bond donors (Lipinski definition) is 1. The molecule has 0 saturated heterocycles. The predicted molar refractivity (Wildman–Crippen MR) is 63.4 cm³/mol. The minimum Gasteiger partial charge on any atom is -0.325 e. The molecule has 0 radical (unpaired) electrons. The zero-order valence-corrected chi connectivity index (χ0v) is 10.1. The average Bonchev–Trinajstić information content (AvgIpc) is 2.82. The van der Waals surface area contributed by atoms with Crippen LogP contribution in [0.1, 0.15) is 30.9 Å². The maximum atomic E-state index is 6.10. The fourth-order valence-corrected chi connectivity index (χ4v) is 2.36. The standard InChI is InChI=1S/C12H16BrN/c1-2-9-5-10(7-11(13)6-9)8-12(14)3-4-12/h5-7H,2-4,8,14H2,1H3. The van der Waals surface area contributed by atoms with Crippen LogP contribution in [-0.2, 0) is 12.8 Å². The monoisotopic (exact) mass is 253 g/mol. The van der Waals surface area contributed by atoms with E-state index in [9.17, 15) is 0 Å². The first-order valence-corrected chi connectivity index (χ1v) is 5.98. The summed E-state index contributed by atoms with van der Waals surface area (Å²) in [5.41, 5.74) is 8.98. The highest BCUT2D eigenvalue weighted by Gasteiger charge is 2.37. The molecule has 0 aliphatic heterocycles. The van der Waals surface area contributed by atoms with Crippen LogP contribution in [0.4, 0.5) is 0 Å². The van der Waals surface area contributed by atoms with E-state index in [4.69, 9.17) is 5.73 Å². The third kappa shape index (κ3) is 2.37. The van der Waals surface area contributed by atoms with Crippen LogP contribution in [0.5, 0.6) is 0 Å². The molecule has 0 bridgehead atoms. The highest BCUT2D eigenvalue weighted by atomic mass is 79.9. The van der Waals surface area contributed by atoms with Crippen molar-refractivity contribution in [3.05, 3.63) is 33.8 Å². The van der Waals surface area contributed by atoms with Crippen LogP contribution in [0.2, 0.25) is 0 Å². The normalized spacial score (nSPS) is 18.2. The van der Waals surface area contributed by atoms with E-state index in [-0.39, 0.29) is 5.54 Å². The van der Waals surface area contributed by atoms with Gasteiger partial charge in [0.1, 0.15) is 0 Å². The molecule has 1 aromatic rings. The van der Waals surface area contributed by atoms with E-state index in [0.717, 1.165) is 12.8 Å². The van der Waals surface area contributed by atoms with Gasteiger partial charge in [-0.3, -0.25) is 0 Å². The number of aryl methyl sites for hydroxylation is 1. The molecule has 0 atom stereocenters. The third-order valence-corrected chi connectivity index (χ3v) is 3.33. The van der Waals surface area contributed by atoms with Crippen molar-refractivity contribution in [2.45, 2.75) is 38.1 Å². The van der Waals surface area contributed by atoms with Crippen LogP contribution in [-0.4, -0.2) is 5.54 Å². The van der Waals surface area contributed by atoms with Crippen molar-refractivity contribution in [2.75, 3.05) is 0 Å². The largest absolute Gasteiger partial charge is 0.325 e. The second-order valence-electron chi connectivity index (χ2n) is 4.36. The molecule has 1 aromatic carbocycles. The predicted octanol–water partition coefficient (Wildman–Crippen LogP) is 3.05. The highest BCUT2D eigenvalue weighted by Crippen LogP contribution is 2.36. The van der Waals surface area contributed by atoms with Gasteiger partial charge in [-0.15, -0.1) is 0 Å². The van der Waals surface area contributed by atoms with Gasteiger partial charge in [-0.1, -0.05) is 28.9 Å². The average molecular weight is 254 g/mol. The van der Waals surface area contributed by atoms with Gasteiger partial charge in [0.2, 0.25) is 0 Å².